The van der Waals surface area contributed by atoms with Crippen LogP contribution in [0, 0.1) is 5.95 Å². The first-order valence-electron chi connectivity index (χ1n) is 5.55. The predicted octanol–water partition coefficient (Wildman–Crippen LogP) is 3.55. The Morgan fingerprint density at radius 1 is 1.47 bits per heavy atom. The second kappa shape index (κ2) is 7.77. The molecule has 1 heterocycles. The molecule has 1 rings (SSSR count). The summed E-state index contributed by atoms with van der Waals surface area (Å²) < 4.78 is 18.3. The normalized spacial score (nSPS) is 10.5. The molecule has 19 heavy (non-hydrogen) atoms. The Bertz CT molecular complexity index is 474. The van der Waals surface area contributed by atoms with E-state index < -0.39 is 5.95 Å². The summed E-state index contributed by atoms with van der Waals surface area (Å²) in [5.74, 6) is -0.494. The molecule has 0 aliphatic carbocycles. The monoisotopic (exact) mass is 326 g/mol. The summed E-state index contributed by atoms with van der Waals surface area (Å²) in [5, 5.41) is -0.640. The Morgan fingerprint density at radius 2 is 2.16 bits per heavy atom. The highest BCUT2D eigenvalue weighted by atomic mass is 35.5. The maximum atomic E-state index is 13.2. The van der Waals surface area contributed by atoms with E-state index in [1.54, 1.807) is 0 Å². The van der Waals surface area contributed by atoms with E-state index in [1.165, 1.54) is 0 Å². The summed E-state index contributed by atoms with van der Waals surface area (Å²) in [5.41, 5.74) is 5.32. The lowest BCUT2D eigenvalue weighted by Gasteiger charge is -2.09. The third kappa shape index (κ3) is 4.71. The number of carbonyl (C=O) groups excluding carboxylic acids is 1. The minimum Gasteiger partial charge on any atom is -0.467 e. The molecule has 1 aromatic heterocycles. The number of nitrogens with zero attached hydrogens (tertiary/aromatic N) is 1. The highest BCUT2D eigenvalue weighted by molar-refractivity contribution is 8.13. The van der Waals surface area contributed by atoms with Gasteiger partial charge in [0.15, 0.2) is 6.61 Å². The molecule has 0 bridgehead atoms. The Balaban J connectivity index is 2.61. The first-order valence-corrected chi connectivity index (χ1v) is 7.29. The third-order valence-electron chi connectivity index (χ3n) is 2.13. The molecule has 2 N–H and O–H groups in total. The molecule has 0 aliphatic heterocycles. The zero-order valence-electron chi connectivity index (χ0n) is 10.2. The van der Waals surface area contributed by atoms with Gasteiger partial charge in [0.1, 0.15) is 10.0 Å². The van der Waals surface area contributed by atoms with Crippen LogP contribution in [0.4, 0.5) is 10.1 Å². The number of rotatable bonds is 6. The number of pyridine rings is 1. The van der Waals surface area contributed by atoms with Gasteiger partial charge in [-0.1, -0.05) is 48.3 Å². The second-order valence-corrected chi connectivity index (χ2v) is 5.52. The lowest BCUT2D eigenvalue weighted by Crippen LogP contribution is -2.10. The molecule has 0 fully saturated rings. The fourth-order valence-electron chi connectivity index (χ4n) is 1.10. The highest BCUT2D eigenvalue weighted by Crippen LogP contribution is 2.35. The summed E-state index contributed by atoms with van der Waals surface area (Å²) in [7, 11) is 0. The van der Waals surface area contributed by atoms with Crippen molar-refractivity contribution in [2.45, 2.75) is 19.8 Å². The Labute approximate surface area is 124 Å². The van der Waals surface area contributed by atoms with Crippen molar-refractivity contribution in [1.82, 2.24) is 4.98 Å². The number of nitrogens with two attached hydrogens (primary N) is 1. The number of halogens is 3. The molecule has 0 unspecified atom stereocenters. The van der Waals surface area contributed by atoms with Crippen LogP contribution >= 0.6 is 35.0 Å². The van der Waals surface area contributed by atoms with Crippen LogP contribution in [0.1, 0.15) is 19.8 Å². The van der Waals surface area contributed by atoms with Crippen LogP contribution in [-0.4, -0.2) is 22.5 Å². The molecule has 0 amide bonds. The molecular weight excluding hydrogens is 314 g/mol. The van der Waals surface area contributed by atoms with Crippen molar-refractivity contribution in [1.29, 1.82) is 0 Å². The van der Waals surface area contributed by atoms with Crippen molar-refractivity contribution in [2.24, 2.45) is 0 Å². The molecule has 0 aliphatic rings. The minimum atomic E-state index is -0.982. The number of unbranched alkanes of at least 4 members (excludes halogenated alkanes) is 1. The van der Waals surface area contributed by atoms with Crippen molar-refractivity contribution >= 4 is 45.8 Å². The minimum absolute atomic E-state index is 0.0993. The number of aromatic nitrogens is 1. The van der Waals surface area contributed by atoms with Gasteiger partial charge in [-0.25, -0.2) is 0 Å². The first kappa shape index (κ1) is 16.3. The van der Waals surface area contributed by atoms with Gasteiger partial charge in [0.25, 0.3) is 0 Å². The zero-order valence-corrected chi connectivity index (χ0v) is 12.5. The van der Waals surface area contributed by atoms with Gasteiger partial charge in [0.05, 0.1) is 5.69 Å². The van der Waals surface area contributed by atoms with Gasteiger partial charge >= 0.3 is 0 Å². The van der Waals surface area contributed by atoms with Gasteiger partial charge in [-0.2, -0.15) is 9.37 Å². The topological polar surface area (TPSA) is 65.2 Å². The fourth-order valence-corrected chi connectivity index (χ4v) is 2.28. The average molecular weight is 327 g/mol. The fraction of sp³-hybridized carbons (Fsp3) is 0.455. The quantitative estimate of drug-likeness (QED) is 0.639. The highest BCUT2D eigenvalue weighted by Gasteiger charge is 2.17. The van der Waals surface area contributed by atoms with Crippen LogP contribution in [0.2, 0.25) is 10.0 Å². The lowest BCUT2D eigenvalue weighted by atomic mass is 10.4. The Morgan fingerprint density at radius 3 is 2.79 bits per heavy atom. The summed E-state index contributed by atoms with van der Waals surface area (Å²) in [4.78, 5) is 14.9. The lowest BCUT2D eigenvalue weighted by molar-refractivity contribution is -0.112. The van der Waals surface area contributed by atoms with Crippen molar-refractivity contribution in [3.05, 3.63) is 16.0 Å². The van der Waals surface area contributed by atoms with Crippen molar-refractivity contribution in [3.8, 4) is 5.88 Å². The summed E-state index contributed by atoms with van der Waals surface area (Å²) in [6, 6.07) is 0. The number of anilines is 1. The smallest absolute Gasteiger partial charge is 0.238 e. The van der Waals surface area contributed by atoms with Crippen molar-refractivity contribution in [3.63, 3.8) is 0 Å². The largest absolute Gasteiger partial charge is 0.467 e. The van der Waals surface area contributed by atoms with Crippen LogP contribution < -0.4 is 10.5 Å². The van der Waals surface area contributed by atoms with E-state index in [9.17, 15) is 9.18 Å². The van der Waals surface area contributed by atoms with Gasteiger partial charge in [0.2, 0.25) is 16.9 Å². The maximum absolute atomic E-state index is 13.2. The molecule has 8 heteroatoms. The number of thioether (sulfide) groups is 1. The number of hydrogen-bond acceptors (Lipinski definition) is 5. The Kier molecular flexibility index (Phi) is 6.68. The van der Waals surface area contributed by atoms with Crippen LogP contribution in [0.15, 0.2) is 0 Å². The molecule has 0 saturated carbocycles. The second-order valence-electron chi connectivity index (χ2n) is 3.61. The standard InChI is InChI=1S/C11H13Cl2FN2O2S/c1-2-3-4-19-6(17)5-18-11-8(13)9(15)7(12)10(14)16-11/h2-5H2,1H3,(H2,15,16). The van der Waals surface area contributed by atoms with E-state index in [-0.39, 0.29) is 33.3 Å². The van der Waals surface area contributed by atoms with Crippen molar-refractivity contribution < 1.29 is 13.9 Å². The summed E-state index contributed by atoms with van der Waals surface area (Å²) >= 11 is 12.5. The van der Waals surface area contributed by atoms with E-state index >= 15 is 0 Å². The van der Waals surface area contributed by atoms with Crippen LogP contribution in [-0.2, 0) is 4.79 Å². The van der Waals surface area contributed by atoms with Gasteiger partial charge in [-0.3, -0.25) is 4.79 Å². The maximum Gasteiger partial charge on any atom is 0.238 e. The van der Waals surface area contributed by atoms with Gasteiger partial charge in [0, 0.05) is 5.75 Å². The van der Waals surface area contributed by atoms with Crippen LogP contribution in [0.25, 0.3) is 0 Å². The van der Waals surface area contributed by atoms with Gasteiger partial charge in [-0.15, -0.1) is 0 Å². The molecule has 4 nitrogen and oxygen atoms in total. The van der Waals surface area contributed by atoms with Crippen LogP contribution in [0.3, 0.4) is 0 Å². The van der Waals surface area contributed by atoms with E-state index in [2.05, 4.69) is 4.98 Å². The molecule has 106 valence electrons. The van der Waals surface area contributed by atoms with E-state index in [4.69, 9.17) is 33.7 Å². The molecule has 0 spiro atoms. The van der Waals surface area contributed by atoms with Gasteiger partial charge < -0.3 is 10.5 Å². The summed E-state index contributed by atoms with van der Waals surface area (Å²) in [6.07, 6.45) is 1.95. The number of nitrogen functional groups attached to an aromatic ring is 1. The SMILES string of the molecule is CCCCSC(=O)COc1nc(F)c(Cl)c(N)c1Cl. The Hall–Kier alpha value is -0.720. The molecule has 1 aromatic rings. The first-order chi connectivity index (χ1) is 8.97. The molecular formula is C11H13Cl2FN2O2S. The average Bonchev–Trinajstić information content (AvgIpc) is 2.39. The number of hydrogen-bond donors (Lipinski definition) is 1. The molecule has 0 aromatic carbocycles. The molecule has 0 atom stereocenters. The van der Waals surface area contributed by atoms with E-state index in [0.717, 1.165) is 30.4 Å². The van der Waals surface area contributed by atoms with Gasteiger partial charge in [-0.05, 0) is 6.42 Å². The van der Waals surface area contributed by atoms with Crippen LogP contribution in [0.5, 0.6) is 5.88 Å². The number of ether oxygens (including phenoxy) is 1. The third-order valence-corrected chi connectivity index (χ3v) is 3.79. The molecule has 0 radical (unpaired) electrons. The van der Waals surface area contributed by atoms with E-state index in [1.807, 2.05) is 6.92 Å². The molecule has 0 saturated heterocycles. The number of carbonyl (C=O) groups is 1. The van der Waals surface area contributed by atoms with Crippen molar-refractivity contribution in [2.75, 3.05) is 18.1 Å². The zero-order chi connectivity index (χ0) is 14.4. The predicted molar refractivity (Wildman–Crippen MR) is 76.5 cm³/mol. The van der Waals surface area contributed by atoms with E-state index in [0.29, 0.717) is 0 Å². The summed E-state index contributed by atoms with van der Waals surface area (Å²) in [6.45, 7) is 1.78.